The van der Waals surface area contributed by atoms with Crippen molar-refractivity contribution in [2.75, 3.05) is 29.3 Å². The minimum atomic E-state index is -3.96. The molecule has 0 aliphatic carbocycles. The van der Waals surface area contributed by atoms with E-state index < -0.39 is 21.7 Å². The minimum Gasteiger partial charge on any atom is -0.372 e. The monoisotopic (exact) mass is 395 g/mol. The predicted molar refractivity (Wildman–Crippen MR) is 98.2 cm³/mol. The van der Waals surface area contributed by atoms with Crippen LogP contribution in [0.5, 0.6) is 0 Å². The van der Waals surface area contributed by atoms with Gasteiger partial charge in [0.2, 0.25) is 0 Å². The zero-order valence-corrected chi connectivity index (χ0v) is 15.3. The molecule has 0 bridgehead atoms. The van der Waals surface area contributed by atoms with Gasteiger partial charge in [0.15, 0.2) is 11.6 Å². The summed E-state index contributed by atoms with van der Waals surface area (Å²) in [5, 5.41) is 0. The van der Waals surface area contributed by atoms with Crippen LogP contribution < -0.4 is 9.62 Å². The van der Waals surface area contributed by atoms with E-state index in [2.05, 4.69) is 16.3 Å². The molecule has 3 rings (SSSR count). The fraction of sp³-hybridized carbons (Fsp3) is 0.278. The van der Waals surface area contributed by atoms with Gasteiger partial charge in [-0.15, -0.1) is 6.58 Å². The summed E-state index contributed by atoms with van der Waals surface area (Å²) in [4.78, 5) is 6.14. The van der Waals surface area contributed by atoms with E-state index in [1.165, 1.54) is 12.3 Å². The first-order valence-electron chi connectivity index (χ1n) is 8.30. The van der Waals surface area contributed by atoms with Crippen LogP contribution in [-0.4, -0.2) is 39.2 Å². The molecule has 0 spiro atoms. The van der Waals surface area contributed by atoms with Crippen LogP contribution in [0.15, 0.2) is 54.1 Å². The van der Waals surface area contributed by atoms with Crippen molar-refractivity contribution in [3.05, 3.63) is 60.8 Å². The lowest BCUT2D eigenvalue weighted by Crippen LogP contribution is -2.24. The largest absolute Gasteiger partial charge is 0.372 e. The summed E-state index contributed by atoms with van der Waals surface area (Å²) in [5.74, 6) is -1.54. The summed E-state index contributed by atoms with van der Waals surface area (Å²) in [6.45, 7) is 5.53. The van der Waals surface area contributed by atoms with Gasteiger partial charge in [-0.25, -0.2) is 22.2 Å². The summed E-state index contributed by atoms with van der Waals surface area (Å²) in [5.41, 5.74) is -0.0697. The first-order chi connectivity index (χ1) is 12.9. The lowest BCUT2D eigenvalue weighted by molar-refractivity contribution is 0.0909. The molecule has 1 aliphatic heterocycles. The maximum Gasteiger partial charge on any atom is 0.263 e. The van der Waals surface area contributed by atoms with Gasteiger partial charge < -0.3 is 9.64 Å². The number of nitrogens with zero attached hydrogens (tertiary/aromatic N) is 2. The van der Waals surface area contributed by atoms with Crippen LogP contribution in [0.1, 0.15) is 6.42 Å². The van der Waals surface area contributed by atoms with Crippen molar-refractivity contribution in [2.24, 2.45) is 0 Å². The number of pyridine rings is 1. The Hall–Kier alpha value is -2.52. The predicted octanol–water partition coefficient (Wildman–Crippen LogP) is 2.94. The molecule has 1 aromatic carbocycles. The van der Waals surface area contributed by atoms with Crippen molar-refractivity contribution in [3.8, 4) is 0 Å². The first-order valence-corrected chi connectivity index (χ1v) is 9.79. The van der Waals surface area contributed by atoms with Crippen LogP contribution >= 0.6 is 0 Å². The van der Waals surface area contributed by atoms with Crippen LogP contribution in [0, 0.1) is 11.6 Å². The van der Waals surface area contributed by atoms with E-state index in [9.17, 15) is 17.2 Å². The van der Waals surface area contributed by atoms with Gasteiger partial charge in [-0.3, -0.25) is 4.72 Å². The van der Waals surface area contributed by atoms with Crippen LogP contribution in [-0.2, 0) is 14.8 Å². The smallest absolute Gasteiger partial charge is 0.263 e. The van der Waals surface area contributed by atoms with E-state index >= 15 is 0 Å². The Labute approximate surface area is 156 Å². The molecule has 1 unspecified atom stereocenters. The average Bonchev–Trinajstić information content (AvgIpc) is 3.12. The number of aromatic nitrogens is 1. The summed E-state index contributed by atoms with van der Waals surface area (Å²) in [6.07, 6.45) is 3.87. The Morgan fingerprint density at radius 1 is 1.30 bits per heavy atom. The number of ether oxygens (including phenoxy) is 1. The van der Waals surface area contributed by atoms with Gasteiger partial charge in [-0.1, -0.05) is 6.08 Å². The number of rotatable bonds is 7. The van der Waals surface area contributed by atoms with Crippen molar-refractivity contribution in [3.63, 3.8) is 0 Å². The Morgan fingerprint density at radius 2 is 2.11 bits per heavy atom. The van der Waals surface area contributed by atoms with E-state index in [1.54, 1.807) is 12.1 Å². The molecule has 0 amide bonds. The standard InChI is InChI=1S/C18H19F2N3O3S/c1-2-9-26-14-7-8-23(12-14)18-6-4-15(11-21-18)27(24,25)22-13-3-5-16(19)17(20)10-13/h2-6,10-11,14,22H,1,7-9,12H2. The molecule has 1 aromatic heterocycles. The topological polar surface area (TPSA) is 71.5 Å². The van der Waals surface area contributed by atoms with Crippen molar-refractivity contribution >= 4 is 21.5 Å². The maximum absolute atomic E-state index is 13.2. The summed E-state index contributed by atoms with van der Waals surface area (Å²) in [6, 6.07) is 5.80. The van der Waals surface area contributed by atoms with Gasteiger partial charge in [0, 0.05) is 25.4 Å². The Morgan fingerprint density at radius 3 is 2.78 bits per heavy atom. The summed E-state index contributed by atoms with van der Waals surface area (Å²) >= 11 is 0. The van der Waals surface area contributed by atoms with E-state index in [1.807, 2.05) is 4.90 Å². The molecule has 144 valence electrons. The van der Waals surface area contributed by atoms with E-state index in [0.717, 1.165) is 31.2 Å². The SMILES string of the molecule is C=CCOC1CCN(c2ccc(S(=O)(=O)Nc3ccc(F)c(F)c3)cn2)C1. The molecule has 1 saturated heterocycles. The Bertz CT molecular complexity index is 920. The van der Waals surface area contributed by atoms with Gasteiger partial charge in [-0.05, 0) is 30.7 Å². The van der Waals surface area contributed by atoms with Crippen LogP contribution in [0.2, 0.25) is 0 Å². The summed E-state index contributed by atoms with van der Waals surface area (Å²) in [7, 11) is -3.96. The fourth-order valence-electron chi connectivity index (χ4n) is 2.77. The zero-order chi connectivity index (χ0) is 19.4. The molecule has 1 N–H and O–H groups in total. The lowest BCUT2D eigenvalue weighted by atomic mass is 10.3. The third-order valence-corrected chi connectivity index (χ3v) is 5.49. The van der Waals surface area contributed by atoms with E-state index in [4.69, 9.17) is 4.74 Å². The molecular weight excluding hydrogens is 376 g/mol. The Kier molecular flexibility index (Phi) is 5.71. The first kappa shape index (κ1) is 19.2. The molecule has 1 aliphatic rings. The highest BCUT2D eigenvalue weighted by molar-refractivity contribution is 7.92. The average molecular weight is 395 g/mol. The highest BCUT2D eigenvalue weighted by Gasteiger charge is 2.24. The molecule has 9 heteroatoms. The van der Waals surface area contributed by atoms with Crippen LogP contribution in [0.25, 0.3) is 0 Å². The van der Waals surface area contributed by atoms with Gasteiger partial charge >= 0.3 is 0 Å². The molecule has 1 fully saturated rings. The third kappa shape index (κ3) is 4.61. The minimum absolute atomic E-state index is 0.0697. The number of halogens is 2. The number of sulfonamides is 1. The van der Waals surface area contributed by atoms with E-state index in [0.29, 0.717) is 19.0 Å². The van der Waals surface area contributed by atoms with Crippen molar-refractivity contribution in [1.82, 2.24) is 4.98 Å². The highest BCUT2D eigenvalue weighted by Crippen LogP contribution is 2.22. The number of nitrogens with one attached hydrogen (secondary N) is 1. The maximum atomic E-state index is 13.2. The number of anilines is 2. The highest BCUT2D eigenvalue weighted by atomic mass is 32.2. The fourth-order valence-corrected chi connectivity index (χ4v) is 3.76. The normalized spacial score (nSPS) is 17.1. The van der Waals surface area contributed by atoms with Gasteiger partial charge in [0.25, 0.3) is 10.0 Å². The van der Waals surface area contributed by atoms with Gasteiger partial charge in [-0.2, -0.15) is 0 Å². The van der Waals surface area contributed by atoms with Crippen molar-refractivity contribution in [1.29, 1.82) is 0 Å². The summed E-state index contributed by atoms with van der Waals surface area (Å²) < 4.78 is 58.8. The van der Waals surface area contributed by atoms with E-state index in [-0.39, 0.29) is 16.7 Å². The molecule has 1 atom stereocenters. The second-order valence-corrected chi connectivity index (χ2v) is 7.75. The third-order valence-electron chi connectivity index (χ3n) is 4.12. The van der Waals surface area contributed by atoms with Crippen molar-refractivity contribution in [2.45, 2.75) is 17.4 Å². The molecular formula is C18H19F2N3O3S. The number of hydrogen-bond donors (Lipinski definition) is 1. The lowest BCUT2D eigenvalue weighted by Gasteiger charge is -2.17. The second-order valence-electron chi connectivity index (χ2n) is 6.07. The zero-order valence-electron chi connectivity index (χ0n) is 14.4. The molecule has 27 heavy (non-hydrogen) atoms. The quantitative estimate of drug-likeness (QED) is 0.730. The molecule has 0 saturated carbocycles. The number of hydrogen-bond acceptors (Lipinski definition) is 5. The van der Waals surface area contributed by atoms with Gasteiger partial charge in [0.05, 0.1) is 18.4 Å². The second kappa shape index (κ2) is 8.01. The Balaban J connectivity index is 1.69. The van der Waals surface area contributed by atoms with Crippen LogP contribution in [0.3, 0.4) is 0 Å². The molecule has 0 radical (unpaired) electrons. The van der Waals surface area contributed by atoms with Crippen molar-refractivity contribution < 1.29 is 21.9 Å². The molecule has 6 nitrogen and oxygen atoms in total. The molecule has 2 aromatic rings. The van der Waals surface area contributed by atoms with Gasteiger partial charge in [0.1, 0.15) is 10.7 Å². The number of benzene rings is 1. The molecule has 2 heterocycles. The van der Waals surface area contributed by atoms with Crippen LogP contribution in [0.4, 0.5) is 20.3 Å².